The van der Waals surface area contributed by atoms with E-state index in [1.54, 1.807) is 6.07 Å². The third kappa shape index (κ3) is 3.02. The predicted molar refractivity (Wildman–Crippen MR) is 67.0 cm³/mol. The van der Waals surface area contributed by atoms with Crippen molar-refractivity contribution in [3.05, 3.63) is 46.6 Å². The van der Waals surface area contributed by atoms with E-state index in [4.69, 9.17) is 27.6 Å². The maximum atomic E-state index is 11.9. The summed E-state index contributed by atoms with van der Waals surface area (Å²) < 4.78 is 31.0. The molecule has 0 fully saturated rings. The summed E-state index contributed by atoms with van der Waals surface area (Å²) in [5.74, 6) is 0. The number of halogens is 2. The molecule has 96 valence electrons. The third-order valence-corrected chi connectivity index (χ3v) is 4.18. The van der Waals surface area contributed by atoms with Gasteiger partial charge in [-0.15, -0.1) is 0 Å². The molecule has 8 heteroatoms. The highest BCUT2D eigenvalue weighted by Crippen LogP contribution is 2.22. The summed E-state index contributed by atoms with van der Waals surface area (Å²) in [4.78, 5) is 3.64. The zero-order valence-electron chi connectivity index (χ0n) is 8.93. The van der Waals surface area contributed by atoms with Crippen molar-refractivity contribution in [2.75, 3.05) is 0 Å². The fourth-order valence-electron chi connectivity index (χ4n) is 1.21. The van der Waals surface area contributed by atoms with Crippen LogP contribution in [-0.4, -0.2) is 13.4 Å². The Morgan fingerprint density at radius 3 is 2.78 bits per heavy atom. The predicted octanol–water partition coefficient (Wildman–Crippen LogP) is 2.46. The van der Waals surface area contributed by atoms with Crippen LogP contribution in [0, 0.1) is 0 Å². The van der Waals surface area contributed by atoms with Crippen molar-refractivity contribution in [3.63, 3.8) is 0 Å². The molecule has 18 heavy (non-hydrogen) atoms. The van der Waals surface area contributed by atoms with E-state index in [0.717, 1.165) is 6.20 Å². The first-order chi connectivity index (χ1) is 8.49. The fourth-order valence-corrected chi connectivity index (χ4v) is 2.53. The average Bonchev–Trinajstić information content (AvgIpc) is 2.83. The molecule has 5 nitrogen and oxygen atoms in total. The van der Waals surface area contributed by atoms with Crippen LogP contribution in [-0.2, 0) is 16.6 Å². The van der Waals surface area contributed by atoms with Gasteiger partial charge in [-0.3, -0.25) is 0 Å². The Kier molecular flexibility index (Phi) is 3.91. The average molecular weight is 307 g/mol. The lowest BCUT2D eigenvalue weighted by molar-refractivity contribution is 0.561. The number of nitrogens with zero attached hydrogens (tertiary/aromatic N) is 1. The molecule has 0 spiro atoms. The normalized spacial score (nSPS) is 11.7. The van der Waals surface area contributed by atoms with Gasteiger partial charge in [-0.1, -0.05) is 23.2 Å². The molecule has 0 unspecified atom stereocenters. The molecular formula is C10H8Cl2N2O3S. The van der Waals surface area contributed by atoms with Crippen LogP contribution in [0.5, 0.6) is 0 Å². The number of hydrogen-bond acceptors (Lipinski definition) is 4. The first-order valence-corrected chi connectivity index (χ1v) is 7.05. The molecule has 0 aliphatic rings. The van der Waals surface area contributed by atoms with Gasteiger partial charge in [0, 0.05) is 18.3 Å². The van der Waals surface area contributed by atoms with Crippen molar-refractivity contribution in [3.8, 4) is 0 Å². The first-order valence-electron chi connectivity index (χ1n) is 4.81. The van der Waals surface area contributed by atoms with E-state index in [1.807, 2.05) is 0 Å². The van der Waals surface area contributed by atoms with Crippen molar-refractivity contribution in [2.45, 2.75) is 11.4 Å². The van der Waals surface area contributed by atoms with E-state index in [1.165, 1.54) is 18.6 Å². The minimum Gasteiger partial charge on any atom is -0.472 e. The number of hydrogen-bond donors (Lipinski definition) is 1. The number of aromatic nitrogens is 1. The molecule has 0 amide bonds. The molecule has 2 aromatic heterocycles. The lowest BCUT2D eigenvalue weighted by atomic mass is 10.4. The summed E-state index contributed by atoms with van der Waals surface area (Å²) in [7, 11) is -3.67. The van der Waals surface area contributed by atoms with E-state index in [0.29, 0.717) is 5.56 Å². The number of pyridine rings is 1. The summed E-state index contributed by atoms with van der Waals surface area (Å²) >= 11 is 11.3. The van der Waals surface area contributed by atoms with Crippen LogP contribution in [0.25, 0.3) is 0 Å². The van der Waals surface area contributed by atoms with Gasteiger partial charge in [-0.05, 0) is 12.1 Å². The van der Waals surface area contributed by atoms with Crippen LogP contribution < -0.4 is 4.72 Å². The topological polar surface area (TPSA) is 72.2 Å². The van der Waals surface area contributed by atoms with E-state index in [-0.39, 0.29) is 21.6 Å². The molecule has 0 saturated carbocycles. The Bertz CT molecular complexity index is 641. The Labute approximate surface area is 114 Å². The lowest BCUT2D eigenvalue weighted by Crippen LogP contribution is -2.23. The van der Waals surface area contributed by atoms with Gasteiger partial charge in [0.15, 0.2) is 0 Å². The molecule has 1 N–H and O–H groups in total. The summed E-state index contributed by atoms with van der Waals surface area (Å²) in [6.45, 7) is 0.124. The van der Waals surface area contributed by atoms with Crippen molar-refractivity contribution in [1.29, 1.82) is 0 Å². The van der Waals surface area contributed by atoms with Gasteiger partial charge in [-0.2, -0.15) is 0 Å². The highest BCUT2D eigenvalue weighted by atomic mass is 35.5. The highest BCUT2D eigenvalue weighted by molar-refractivity contribution is 7.89. The van der Waals surface area contributed by atoms with Crippen LogP contribution in [0.2, 0.25) is 10.2 Å². The second kappa shape index (κ2) is 5.27. The van der Waals surface area contributed by atoms with E-state index < -0.39 is 10.0 Å². The van der Waals surface area contributed by atoms with Crippen LogP contribution in [0.15, 0.2) is 40.2 Å². The van der Waals surface area contributed by atoms with Gasteiger partial charge >= 0.3 is 0 Å². The molecule has 2 heterocycles. The molecule has 2 rings (SSSR count). The number of furan rings is 1. The molecule has 0 aromatic carbocycles. The molecule has 0 aliphatic heterocycles. The summed E-state index contributed by atoms with van der Waals surface area (Å²) in [6.07, 6.45) is 4.06. The zero-order valence-corrected chi connectivity index (χ0v) is 11.3. The molecule has 2 aromatic rings. The summed E-state index contributed by atoms with van der Waals surface area (Å²) in [5.41, 5.74) is 0.714. The number of nitrogens with one attached hydrogen (secondary N) is 1. The van der Waals surface area contributed by atoms with Gasteiger partial charge in [0.05, 0.1) is 17.5 Å². The van der Waals surface area contributed by atoms with E-state index in [9.17, 15) is 8.42 Å². The van der Waals surface area contributed by atoms with Gasteiger partial charge in [0.25, 0.3) is 0 Å². The van der Waals surface area contributed by atoms with Crippen LogP contribution >= 0.6 is 23.2 Å². The Hall–Kier alpha value is -1.08. The molecule has 0 aliphatic carbocycles. The van der Waals surface area contributed by atoms with Crippen LogP contribution in [0.1, 0.15) is 5.56 Å². The van der Waals surface area contributed by atoms with Crippen molar-refractivity contribution < 1.29 is 12.8 Å². The van der Waals surface area contributed by atoms with Crippen LogP contribution in [0.4, 0.5) is 0 Å². The minimum absolute atomic E-state index is 0.0413. The largest absolute Gasteiger partial charge is 0.472 e. The van der Waals surface area contributed by atoms with Gasteiger partial charge in [-0.25, -0.2) is 18.1 Å². The monoisotopic (exact) mass is 306 g/mol. The standard InChI is InChI=1S/C10H8Cl2N2O3S/c11-9-3-8(5-13-10(9)12)18(15,16)14-4-7-1-2-17-6-7/h1-3,5-6,14H,4H2. The second-order valence-corrected chi connectivity index (χ2v) is 5.93. The van der Waals surface area contributed by atoms with Crippen molar-refractivity contribution >= 4 is 33.2 Å². The molecular weight excluding hydrogens is 299 g/mol. The highest BCUT2D eigenvalue weighted by Gasteiger charge is 2.16. The van der Waals surface area contributed by atoms with Gasteiger partial charge < -0.3 is 4.42 Å². The smallest absolute Gasteiger partial charge is 0.242 e. The quantitative estimate of drug-likeness (QED) is 0.881. The van der Waals surface area contributed by atoms with E-state index >= 15 is 0 Å². The molecule has 0 atom stereocenters. The summed E-state index contributed by atoms with van der Waals surface area (Å²) in [5, 5.41) is 0.147. The minimum atomic E-state index is -3.67. The van der Waals surface area contributed by atoms with Gasteiger partial charge in [0.2, 0.25) is 10.0 Å². The third-order valence-electron chi connectivity index (χ3n) is 2.13. The van der Waals surface area contributed by atoms with Crippen molar-refractivity contribution in [2.24, 2.45) is 0 Å². The maximum absolute atomic E-state index is 11.9. The number of rotatable bonds is 4. The maximum Gasteiger partial charge on any atom is 0.242 e. The number of sulfonamides is 1. The Balaban J connectivity index is 2.17. The molecule has 0 bridgehead atoms. The van der Waals surface area contributed by atoms with Crippen LogP contribution in [0.3, 0.4) is 0 Å². The van der Waals surface area contributed by atoms with E-state index in [2.05, 4.69) is 9.71 Å². The lowest BCUT2D eigenvalue weighted by Gasteiger charge is -2.05. The van der Waals surface area contributed by atoms with Gasteiger partial charge in [0.1, 0.15) is 10.0 Å². The SMILES string of the molecule is O=S(=O)(NCc1ccoc1)c1cnc(Cl)c(Cl)c1. The Morgan fingerprint density at radius 2 is 2.17 bits per heavy atom. The molecule has 0 saturated heterocycles. The first kappa shape index (κ1) is 13.4. The summed E-state index contributed by atoms with van der Waals surface area (Å²) in [6, 6.07) is 2.91. The molecule has 0 radical (unpaired) electrons. The zero-order chi connectivity index (χ0) is 13.2. The Morgan fingerprint density at radius 1 is 1.39 bits per heavy atom. The fraction of sp³-hybridized carbons (Fsp3) is 0.100. The second-order valence-electron chi connectivity index (χ2n) is 3.40. The van der Waals surface area contributed by atoms with Crippen molar-refractivity contribution in [1.82, 2.24) is 9.71 Å².